The molecule has 0 radical (unpaired) electrons. The normalized spacial score (nSPS) is 10.5. The van der Waals surface area contributed by atoms with Gasteiger partial charge in [0.25, 0.3) is 5.69 Å². The first-order chi connectivity index (χ1) is 9.88. The molecule has 21 heavy (non-hydrogen) atoms. The van der Waals surface area contributed by atoms with Gasteiger partial charge in [-0.05, 0) is 25.1 Å². The summed E-state index contributed by atoms with van der Waals surface area (Å²) in [7, 11) is 0. The Balaban J connectivity index is 2.20. The minimum atomic E-state index is -0.777. The lowest BCUT2D eigenvalue weighted by Gasteiger charge is -2.10. The van der Waals surface area contributed by atoms with Gasteiger partial charge in [0.2, 0.25) is 0 Å². The number of nitro groups is 1. The van der Waals surface area contributed by atoms with E-state index < -0.39 is 10.7 Å². The maximum atomic E-state index is 13.8. The average molecular weight is 375 g/mol. The van der Waals surface area contributed by atoms with Gasteiger partial charge in [-0.2, -0.15) is 0 Å². The molecule has 0 heterocycles. The highest BCUT2D eigenvalue weighted by molar-refractivity contribution is 9.10. The van der Waals surface area contributed by atoms with Gasteiger partial charge in [0.15, 0.2) is 11.6 Å². The summed E-state index contributed by atoms with van der Waals surface area (Å²) < 4.78 is 20.0. The molecule has 4 nitrogen and oxygen atoms in total. The number of aryl methyl sites for hydroxylation is 1. The third-order valence-corrected chi connectivity index (χ3v) is 3.69. The molecule has 0 N–H and O–H groups in total. The first kappa shape index (κ1) is 15.7. The second kappa shape index (κ2) is 6.41. The molecule has 2 aromatic rings. The molecular weight excluding hydrogens is 365 g/mol. The quantitative estimate of drug-likeness (QED) is 0.556. The number of ether oxygens (including phenoxy) is 1. The molecule has 0 aliphatic carbocycles. The van der Waals surface area contributed by atoms with E-state index in [1.165, 1.54) is 13.0 Å². The summed E-state index contributed by atoms with van der Waals surface area (Å²) >= 11 is 9.33. The van der Waals surface area contributed by atoms with Crippen molar-refractivity contribution in [2.45, 2.75) is 13.5 Å². The maximum absolute atomic E-state index is 13.8. The van der Waals surface area contributed by atoms with Gasteiger partial charge in [0.05, 0.1) is 11.0 Å². The van der Waals surface area contributed by atoms with E-state index in [4.69, 9.17) is 16.3 Å². The molecule has 0 aliphatic heterocycles. The number of benzene rings is 2. The van der Waals surface area contributed by atoms with Gasteiger partial charge in [-0.25, -0.2) is 4.39 Å². The average Bonchev–Trinajstić information content (AvgIpc) is 2.40. The van der Waals surface area contributed by atoms with Gasteiger partial charge in [-0.3, -0.25) is 10.1 Å². The summed E-state index contributed by atoms with van der Waals surface area (Å²) in [5.74, 6) is -0.822. The van der Waals surface area contributed by atoms with Crippen molar-refractivity contribution in [3.05, 3.63) is 66.9 Å². The fraction of sp³-hybridized carbons (Fsp3) is 0.143. The van der Waals surface area contributed by atoms with Gasteiger partial charge in [-0.15, -0.1) is 0 Å². The summed E-state index contributed by atoms with van der Waals surface area (Å²) in [4.78, 5) is 10.1. The van der Waals surface area contributed by atoms with Crippen molar-refractivity contribution in [1.29, 1.82) is 0 Å². The van der Waals surface area contributed by atoms with E-state index in [1.54, 1.807) is 18.2 Å². The van der Waals surface area contributed by atoms with Crippen LogP contribution in [0.1, 0.15) is 11.1 Å². The Kier molecular flexibility index (Phi) is 4.80. The van der Waals surface area contributed by atoms with E-state index in [2.05, 4.69) is 15.9 Å². The van der Waals surface area contributed by atoms with E-state index in [9.17, 15) is 14.5 Å². The predicted molar refractivity (Wildman–Crippen MR) is 81.3 cm³/mol. The largest absolute Gasteiger partial charge is 0.486 e. The molecule has 0 saturated carbocycles. The zero-order valence-corrected chi connectivity index (χ0v) is 13.2. The summed E-state index contributed by atoms with van der Waals surface area (Å²) in [6.07, 6.45) is 0. The number of rotatable bonds is 4. The number of halogens is 3. The first-order valence-electron chi connectivity index (χ1n) is 5.89. The van der Waals surface area contributed by atoms with E-state index in [-0.39, 0.29) is 18.0 Å². The molecule has 110 valence electrons. The molecule has 0 spiro atoms. The molecule has 0 atom stereocenters. The standard InChI is InChI=1S/C14H10BrClFNO3/c1-8-4-14(12(17)6-13(8)18(19)20)21-7-9-2-3-10(15)5-11(9)16/h2-6H,7H2,1H3. The van der Waals surface area contributed by atoms with Crippen LogP contribution < -0.4 is 4.74 Å². The van der Waals surface area contributed by atoms with Crippen LogP contribution in [-0.2, 0) is 6.61 Å². The van der Waals surface area contributed by atoms with Crippen LogP contribution in [0.2, 0.25) is 5.02 Å². The Morgan fingerprint density at radius 1 is 1.38 bits per heavy atom. The van der Waals surface area contributed by atoms with Crippen molar-refractivity contribution in [3.8, 4) is 5.75 Å². The molecule has 0 unspecified atom stereocenters. The lowest BCUT2D eigenvalue weighted by atomic mass is 10.2. The number of nitro benzene ring substituents is 1. The third kappa shape index (κ3) is 3.71. The minimum absolute atomic E-state index is 0.0444. The lowest BCUT2D eigenvalue weighted by molar-refractivity contribution is -0.385. The van der Waals surface area contributed by atoms with Crippen LogP contribution in [0.25, 0.3) is 0 Å². The predicted octanol–water partition coefficient (Wildman–Crippen LogP) is 5.04. The summed E-state index contributed by atoms with van der Waals surface area (Å²) in [6, 6.07) is 7.41. The Labute approximate surface area is 133 Å². The van der Waals surface area contributed by atoms with Gasteiger partial charge in [-0.1, -0.05) is 33.6 Å². The Hall–Kier alpha value is -1.66. The highest BCUT2D eigenvalue weighted by atomic mass is 79.9. The second-order valence-electron chi connectivity index (χ2n) is 4.35. The molecular formula is C14H10BrClFNO3. The van der Waals surface area contributed by atoms with E-state index in [0.717, 1.165) is 10.5 Å². The topological polar surface area (TPSA) is 52.4 Å². The van der Waals surface area contributed by atoms with Crippen molar-refractivity contribution < 1.29 is 14.1 Å². The van der Waals surface area contributed by atoms with Crippen molar-refractivity contribution in [2.75, 3.05) is 0 Å². The minimum Gasteiger partial charge on any atom is -0.486 e. The molecule has 0 bridgehead atoms. The molecule has 2 rings (SSSR count). The van der Waals surface area contributed by atoms with Crippen LogP contribution >= 0.6 is 27.5 Å². The highest BCUT2D eigenvalue weighted by Gasteiger charge is 2.16. The van der Waals surface area contributed by atoms with Crippen LogP contribution in [0.4, 0.5) is 10.1 Å². The van der Waals surface area contributed by atoms with Crippen LogP contribution in [0.3, 0.4) is 0 Å². The van der Waals surface area contributed by atoms with Crippen molar-refractivity contribution in [2.24, 2.45) is 0 Å². The van der Waals surface area contributed by atoms with Crippen molar-refractivity contribution in [1.82, 2.24) is 0 Å². The Bertz CT molecular complexity index is 709. The molecule has 0 fully saturated rings. The van der Waals surface area contributed by atoms with Gasteiger partial charge in [0, 0.05) is 20.6 Å². The second-order valence-corrected chi connectivity index (χ2v) is 5.67. The number of hydrogen-bond acceptors (Lipinski definition) is 3. The lowest BCUT2D eigenvalue weighted by Crippen LogP contribution is -2.00. The number of hydrogen-bond donors (Lipinski definition) is 0. The van der Waals surface area contributed by atoms with Gasteiger partial charge in [0.1, 0.15) is 6.61 Å². The van der Waals surface area contributed by atoms with Gasteiger partial charge >= 0.3 is 0 Å². The van der Waals surface area contributed by atoms with Crippen molar-refractivity contribution in [3.63, 3.8) is 0 Å². The monoisotopic (exact) mass is 373 g/mol. The molecule has 7 heteroatoms. The van der Waals surface area contributed by atoms with Crippen LogP contribution in [0.5, 0.6) is 5.75 Å². The molecule has 0 saturated heterocycles. The third-order valence-electron chi connectivity index (χ3n) is 2.85. The fourth-order valence-electron chi connectivity index (χ4n) is 1.75. The molecule has 0 aromatic heterocycles. The van der Waals surface area contributed by atoms with E-state index in [0.29, 0.717) is 16.1 Å². The molecule has 0 aliphatic rings. The van der Waals surface area contributed by atoms with E-state index >= 15 is 0 Å². The zero-order valence-electron chi connectivity index (χ0n) is 10.9. The zero-order chi connectivity index (χ0) is 15.6. The van der Waals surface area contributed by atoms with E-state index in [1.807, 2.05) is 0 Å². The van der Waals surface area contributed by atoms with Crippen molar-refractivity contribution >= 4 is 33.2 Å². The van der Waals surface area contributed by atoms with Crippen LogP contribution in [0.15, 0.2) is 34.8 Å². The maximum Gasteiger partial charge on any atom is 0.275 e. The summed E-state index contributed by atoms with van der Waals surface area (Å²) in [6.45, 7) is 1.59. The number of nitrogens with zero attached hydrogens (tertiary/aromatic N) is 1. The summed E-state index contributed by atoms with van der Waals surface area (Å²) in [5.41, 5.74) is 0.745. The fourth-order valence-corrected chi connectivity index (χ4v) is 2.47. The van der Waals surface area contributed by atoms with Crippen LogP contribution in [0, 0.1) is 22.9 Å². The summed E-state index contributed by atoms with van der Waals surface area (Å²) in [5, 5.41) is 11.2. The molecule has 0 amide bonds. The van der Waals surface area contributed by atoms with Gasteiger partial charge < -0.3 is 4.74 Å². The SMILES string of the molecule is Cc1cc(OCc2ccc(Br)cc2Cl)c(F)cc1[N+](=O)[O-]. The van der Waals surface area contributed by atoms with Crippen LogP contribution in [-0.4, -0.2) is 4.92 Å². The Morgan fingerprint density at radius 3 is 2.71 bits per heavy atom. The molecule has 2 aromatic carbocycles. The Morgan fingerprint density at radius 2 is 2.10 bits per heavy atom. The first-order valence-corrected chi connectivity index (χ1v) is 7.07. The smallest absolute Gasteiger partial charge is 0.275 e. The highest BCUT2D eigenvalue weighted by Crippen LogP contribution is 2.28.